The summed E-state index contributed by atoms with van der Waals surface area (Å²) < 4.78 is 7.53. The summed E-state index contributed by atoms with van der Waals surface area (Å²) in [5.74, 6) is 0.634. The zero-order valence-electron chi connectivity index (χ0n) is 19.7. The molecule has 35 heavy (non-hydrogen) atoms. The molecule has 8 heteroatoms. The molecule has 4 rings (SSSR count). The van der Waals surface area contributed by atoms with Crippen LogP contribution in [0.2, 0.25) is 0 Å². The number of hydrogen-bond donors (Lipinski definition) is 2. The molecule has 1 fully saturated rings. The van der Waals surface area contributed by atoms with Crippen LogP contribution < -0.4 is 19.7 Å². The molecule has 1 aliphatic rings. The van der Waals surface area contributed by atoms with Crippen LogP contribution in [0, 0.1) is 0 Å². The Morgan fingerprint density at radius 1 is 1.09 bits per heavy atom. The highest BCUT2D eigenvalue weighted by Crippen LogP contribution is 2.34. The maximum Gasteiger partial charge on any atom is 0.329 e. The number of primary amides is 1. The summed E-state index contributed by atoms with van der Waals surface area (Å²) >= 11 is 10.2. The predicted octanol–water partition coefficient (Wildman–Crippen LogP) is 6.09. The van der Waals surface area contributed by atoms with Crippen molar-refractivity contribution in [2.75, 3.05) is 22.3 Å². The molecule has 0 aromatic heterocycles. The van der Waals surface area contributed by atoms with Gasteiger partial charge in [-0.25, -0.2) is 9.10 Å². The molecule has 1 atom stereocenters. The molecule has 1 heterocycles. The average molecular weight is 507 g/mol. The Kier molecular flexibility index (Phi) is 8.15. The number of carbonyl (C=O) groups excluding carboxylic acids is 1. The van der Waals surface area contributed by atoms with Crippen molar-refractivity contribution in [3.05, 3.63) is 78.9 Å². The van der Waals surface area contributed by atoms with Gasteiger partial charge in [0.05, 0.1) is 11.4 Å². The number of amides is 2. The topological polar surface area (TPSA) is 62.0 Å². The van der Waals surface area contributed by atoms with E-state index in [9.17, 15) is 4.79 Å². The first kappa shape index (κ1) is 24.9. The molecule has 182 valence electrons. The summed E-state index contributed by atoms with van der Waals surface area (Å²) in [7, 11) is 0. The van der Waals surface area contributed by atoms with E-state index in [1.54, 1.807) is 12.1 Å². The molecule has 1 saturated heterocycles. The SMILES string of the molecule is CCCCC(Oc1cccc(N(S)C(N)=O)c1)N1CCN(c2ccccc2-c2ccccc2)C1=S. The third-order valence-electron chi connectivity index (χ3n) is 6.02. The lowest BCUT2D eigenvalue weighted by molar-refractivity contribution is 0.0772. The fourth-order valence-electron chi connectivity index (χ4n) is 4.25. The molecule has 2 N–H and O–H groups in total. The van der Waals surface area contributed by atoms with Gasteiger partial charge >= 0.3 is 6.03 Å². The zero-order valence-corrected chi connectivity index (χ0v) is 21.4. The van der Waals surface area contributed by atoms with E-state index < -0.39 is 6.03 Å². The van der Waals surface area contributed by atoms with Crippen LogP contribution in [-0.4, -0.2) is 35.4 Å². The highest BCUT2D eigenvalue weighted by Gasteiger charge is 2.33. The molecular weight excluding hydrogens is 476 g/mol. The normalized spacial score (nSPS) is 14.2. The number of carbonyl (C=O) groups is 1. The highest BCUT2D eigenvalue weighted by atomic mass is 32.1. The number of para-hydroxylation sites is 1. The Labute approximate surface area is 217 Å². The Hall–Kier alpha value is -3.23. The van der Waals surface area contributed by atoms with Crippen molar-refractivity contribution in [3.63, 3.8) is 0 Å². The van der Waals surface area contributed by atoms with Gasteiger partial charge in [-0.15, -0.1) is 0 Å². The van der Waals surface area contributed by atoms with E-state index in [-0.39, 0.29) is 6.23 Å². The summed E-state index contributed by atoms with van der Waals surface area (Å²) in [5.41, 5.74) is 9.32. The molecule has 1 aliphatic heterocycles. The quantitative estimate of drug-likeness (QED) is 0.272. The lowest BCUT2D eigenvalue weighted by Gasteiger charge is -2.31. The van der Waals surface area contributed by atoms with Gasteiger partial charge in [-0.1, -0.05) is 80.8 Å². The van der Waals surface area contributed by atoms with E-state index >= 15 is 0 Å². The largest absolute Gasteiger partial charge is 0.470 e. The molecule has 6 nitrogen and oxygen atoms in total. The second-order valence-electron chi connectivity index (χ2n) is 8.37. The van der Waals surface area contributed by atoms with Crippen LogP contribution in [0.25, 0.3) is 11.1 Å². The predicted molar refractivity (Wildman–Crippen MR) is 150 cm³/mol. The number of urea groups is 1. The van der Waals surface area contributed by atoms with Gasteiger partial charge in [-0.05, 0) is 42.4 Å². The number of unbranched alkanes of at least 4 members (excludes halogenated alkanes) is 1. The van der Waals surface area contributed by atoms with E-state index in [0.717, 1.165) is 58.6 Å². The Morgan fingerprint density at radius 2 is 1.83 bits per heavy atom. The maximum atomic E-state index is 11.5. The molecule has 0 saturated carbocycles. The van der Waals surface area contributed by atoms with E-state index in [1.165, 1.54) is 0 Å². The van der Waals surface area contributed by atoms with E-state index in [4.69, 9.17) is 22.7 Å². The van der Waals surface area contributed by atoms with E-state index in [1.807, 2.05) is 36.4 Å². The van der Waals surface area contributed by atoms with Crippen LogP contribution in [0.3, 0.4) is 0 Å². The van der Waals surface area contributed by atoms with Crippen molar-refractivity contribution < 1.29 is 9.53 Å². The minimum Gasteiger partial charge on any atom is -0.470 e. The van der Waals surface area contributed by atoms with E-state index in [0.29, 0.717) is 11.4 Å². The number of rotatable bonds is 9. The smallest absolute Gasteiger partial charge is 0.329 e. The number of thiocarbonyl (C=S) groups is 1. The fourth-order valence-corrected chi connectivity index (χ4v) is 4.77. The van der Waals surface area contributed by atoms with Crippen LogP contribution in [0.15, 0.2) is 78.9 Å². The summed E-state index contributed by atoms with van der Waals surface area (Å²) in [6.45, 7) is 3.70. The van der Waals surface area contributed by atoms with Gasteiger partial charge in [0, 0.05) is 31.1 Å². The first-order valence-corrected chi connectivity index (χ1v) is 12.6. The van der Waals surface area contributed by atoms with Crippen molar-refractivity contribution in [1.82, 2.24) is 4.90 Å². The molecule has 2 amide bonds. The number of benzene rings is 3. The molecule has 3 aromatic carbocycles. The third-order valence-corrected chi connectivity index (χ3v) is 6.90. The molecule has 1 unspecified atom stereocenters. The van der Waals surface area contributed by atoms with Gasteiger partial charge in [-0.2, -0.15) is 0 Å². The number of ether oxygens (including phenoxy) is 1. The third kappa shape index (κ3) is 5.71. The van der Waals surface area contributed by atoms with E-state index in [2.05, 4.69) is 59.9 Å². The Morgan fingerprint density at radius 3 is 2.57 bits per heavy atom. The van der Waals surface area contributed by atoms with Crippen LogP contribution in [0.4, 0.5) is 16.2 Å². The fraction of sp³-hybridized carbons (Fsp3) is 0.259. The molecule has 0 aliphatic carbocycles. The molecule has 0 radical (unpaired) electrons. The van der Waals surface area contributed by atoms with Crippen LogP contribution in [0.1, 0.15) is 26.2 Å². The minimum atomic E-state index is -0.651. The number of nitrogens with two attached hydrogens (primary N) is 1. The number of nitrogens with zero attached hydrogens (tertiary/aromatic N) is 3. The Bertz CT molecular complexity index is 1170. The summed E-state index contributed by atoms with van der Waals surface area (Å²) in [4.78, 5) is 15.9. The second kappa shape index (κ2) is 11.5. The highest BCUT2D eigenvalue weighted by molar-refractivity contribution is 7.82. The number of anilines is 2. The van der Waals surface area contributed by atoms with Gasteiger partial charge < -0.3 is 20.3 Å². The van der Waals surface area contributed by atoms with Crippen LogP contribution >= 0.6 is 25.0 Å². The van der Waals surface area contributed by atoms with Crippen LogP contribution in [-0.2, 0) is 0 Å². The first-order valence-electron chi connectivity index (χ1n) is 11.8. The summed E-state index contributed by atoms with van der Waals surface area (Å²) in [6, 6.07) is 25.3. The van der Waals surface area contributed by atoms with Crippen molar-refractivity contribution in [3.8, 4) is 16.9 Å². The van der Waals surface area contributed by atoms with Crippen molar-refractivity contribution in [2.45, 2.75) is 32.4 Å². The minimum absolute atomic E-state index is 0.228. The van der Waals surface area contributed by atoms with Gasteiger partial charge in [0.15, 0.2) is 11.3 Å². The van der Waals surface area contributed by atoms with Crippen molar-refractivity contribution in [1.29, 1.82) is 0 Å². The van der Waals surface area contributed by atoms with Gasteiger partial charge in [0.25, 0.3) is 0 Å². The van der Waals surface area contributed by atoms with Gasteiger partial charge in [-0.3, -0.25) is 0 Å². The standard InChI is InChI=1S/C27H30N4O2S2/c1-2-3-16-25(33-22-13-9-12-21(19-22)31(35)26(28)32)30-18-17-29(27(30)34)24-15-8-7-14-23(24)20-10-5-4-6-11-20/h4-15,19,25,35H,2-3,16-18H2,1H3,(H2,28,32). The lowest BCUT2D eigenvalue weighted by atomic mass is 10.0. The van der Waals surface area contributed by atoms with Gasteiger partial charge in [0.1, 0.15) is 5.75 Å². The molecule has 0 bridgehead atoms. The Balaban J connectivity index is 1.58. The number of hydrogen-bond acceptors (Lipinski definition) is 4. The average Bonchev–Trinajstić information content (AvgIpc) is 3.27. The lowest BCUT2D eigenvalue weighted by Crippen LogP contribution is -2.42. The summed E-state index contributed by atoms with van der Waals surface area (Å²) in [5, 5.41) is 0.749. The van der Waals surface area contributed by atoms with Crippen molar-refractivity contribution in [2.24, 2.45) is 5.73 Å². The molecule has 3 aromatic rings. The second-order valence-corrected chi connectivity index (χ2v) is 9.14. The zero-order chi connectivity index (χ0) is 24.8. The summed E-state index contributed by atoms with van der Waals surface area (Å²) in [6.07, 6.45) is 2.65. The van der Waals surface area contributed by atoms with Gasteiger partial charge in [0.2, 0.25) is 0 Å². The number of thiol groups is 1. The first-order chi connectivity index (χ1) is 17.0. The monoisotopic (exact) mass is 506 g/mol. The molecular formula is C27H30N4O2S2. The maximum absolute atomic E-state index is 11.5. The van der Waals surface area contributed by atoms with Crippen LogP contribution in [0.5, 0.6) is 5.75 Å². The molecule has 0 spiro atoms. The van der Waals surface area contributed by atoms with Crippen molar-refractivity contribution >= 4 is 47.6 Å².